The van der Waals surface area contributed by atoms with Gasteiger partial charge in [0.25, 0.3) is 0 Å². The SMILES string of the molecule is C[C@]12CC[C@H](O)C[C@H]1CCC1C2CC[C@]2(C)[C@@H](c3ccc(=O)oc3)CC[C@]12O.C[C@]12CC[C@H](O)C[C@H]1CCC1C2CC[C@]2(C)[C@@H](c3ccc(=O)oc3)C[C@H]3O[C@]132. The lowest BCUT2D eigenvalue weighted by Crippen LogP contribution is -2.62. The van der Waals surface area contributed by atoms with Crippen molar-refractivity contribution >= 4 is 0 Å². The van der Waals surface area contributed by atoms with Crippen LogP contribution in [0.4, 0.5) is 0 Å². The molecular formula is C48H66O8. The molecule has 306 valence electrons. The largest absolute Gasteiger partial charge is 0.431 e. The third-order valence-electron chi connectivity index (χ3n) is 20.1. The molecule has 1 aliphatic heterocycles. The Balaban J connectivity index is 0.000000137. The molecule has 2 aromatic heterocycles. The van der Waals surface area contributed by atoms with Gasteiger partial charge in [-0.1, -0.05) is 27.7 Å². The van der Waals surface area contributed by atoms with Crippen molar-refractivity contribution in [2.45, 2.75) is 178 Å². The van der Waals surface area contributed by atoms with E-state index in [1.54, 1.807) is 18.6 Å². The van der Waals surface area contributed by atoms with E-state index in [0.29, 0.717) is 47.0 Å². The van der Waals surface area contributed by atoms with Gasteiger partial charge in [0.1, 0.15) is 5.60 Å². The van der Waals surface area contributed by atoms with Gasteiger partial charge in [0, 0.05) is 23.0 Å². The molecule has 8 heteroatoms. The first kappa shape index (κ1) is 38.0. The Morgan fingerprint density at radius 1 is 0.554 bits per heavy atom. The second kappa shape index (κ2) is 12.9. The standard InChI is InChI=1S/C24H32O4.C24H34O4/c1-22-9-7-16(25)11-15(22)4-5-18-17(22)8-10-23(2)19(12-20-24(18,23)28-20)14-3-6-21(26)27-13-14;1-22-10-7-17(25)13-16(22)4-5-20-19(22)8-11-23(2)18(9-12-24(20,23)27)15-3-6-21(26)28-14-15/h3,6,13,15-20,25H,4-5,7-12H2,1-2H3;3,6,14,16-20,25,27H,4-5,7-13H2,1-2H3/t15-,16+,17?,18?,19-,20-,22+,23-,24-;16-,17+,18-,19?,20?,22+,23-,24+/m11/s1. The highest BCUT2D eigenvalue weighted by atomic mass is 16.6. The summed E-state index contributed by atoms with van der Waals surface area (Å²) in [6, 6.07) is 6.97. The van der Waals surface area contributed by atoms with Crippen molar-refractivity contribution in [2.75, 3.05) is 0 Å². The van der Waals surface area contributed by atoms with E-state index in [1.807, 2.05) is 12.1 Å². The second-order valence-electron chi connectivity index (χ2n) is 21.7. The van der Waals surface area contributed by atoms with Gasteiger partial charge in [0.2, 0.25) is 0 Å². The van der Waals surface area contributed by atoms with Crippen LogP contribution in [0.5, 0.6) is 0 Å². The molecule has 9 aliphatic rings. The quantitative estimate of drug-likeness (QED) is 0.259. The highest BCUT2D eigenvalue weighted by Crippen LogP contribution is 2.78. The van der Waals surface area contributed by atoms with Crippen molar-refractivity contribution in [1.29, 1.82) is 0 Å². The molecule has 56 heavy (non-hydrogen) atoms. The summed E-state index contributed by atoms with van der Waals surface area (Å²) >= 11 is 0. The Bertz CT molecular complexity index is 1800. The van der Waals surface area contributed by atoms with Crippen molar-refractivity contribution in [3.05, 3.63) is 68.8 Å². The van der Waals surface area contributed by atoms with Gasteiger partial charge >= 0.3 is 11.3 Å². The van der Waals surface area contributed by atoms with Gasteiger partial charge in [0.05, 0.1) is 36.4 Å². The van der Waals surface area contributed by atoms with Crippen LogP contribution in [0.3, 0.4) is 0 Å². The molecule has 0 radical (unpaired) electrons. The first-order valence-corrected chi connectivity index (χ1v) is 22.6. The van der Waals surface area contributed by atoms with Gasteiger partial charge in [-0.15, -0.1) is 0 Å². The van der Waals surface area contributed by atoms with Crippen molar-refractivity contribution in [3.63, 3.8) is 0 Å². The van der Waals surface area contributed by atoms with Crippen LogP contribution < -0.4 is 11.3 Å². The van der Waals surface area contributed by atoms with E-state index < -0.39 is 5.60 Å². The van der Waals surface area contributed by atoms with Gasteiger partial charge < -0.3 is 28.9 Å². The topological polar surface area (TPSA) is 134 Å². The number of fused-ring (bicyclic) bond motifs is 8. The summed E-state index contributed by atoms with van der Waals surface area (Å²) in [5, 5.41) is 32.6. The highest BCUT2D eigenvalue weighted by Gasteiger charge is 2.80. The predicted octanol–water partition coefficient (Wildman–Crippen LogP) is 8.50. The van der Waals surface area contributed by atoms with Crippen LogP contribution in [-0.4, -0.2) is 44.8 Å². The van der Waals surface area contributed by atoms with Crippen molar-refractivity contribution in [1.82, 2.24) is 0 Å². The zero-order valence-electron chi connectivity index (χ0n) is 34.2. The van der Waals surface area contributed by atoms with E-state index in [2.05, 4.69) is 27.7 Å². The van der Waals surface area contributed by atoms with E-state index in [1.165, 1.54) is 50.2 Å². The van der Waals surface area contributed by atoms with E-state index in [-0.39, 0.29) is 51.2 Å². The molecule has 3 N–H and O–H groups in total. The van der Waals surface area contributed by atoms with Crippen molar-refractivity contribution in [3.8, 4) is 0 Å². The first-order chi connectivity index (χ1) is 26.7. The molecule has 0 bridgehead atoms. The lowest BCUT2D eigenvalue weighted by molar-refractivity contribution is -0.205. The molecule has 17 atom stereocenters. The lowest BCUT2D eigenvalue weighted by Gasteiger charge is -2.63. The normalized spacial score (nSPS) is 52.4. The maximum Gasteiger partial charge on any atom is 0.335 e. The first-order valence-electron chi connectivity index (χ1n) is 22.6. The molecule has 4 unspecified atom stereocenters. The van der Waals surface area contributed by atoms with E-state index >= 15 is 0 Å². The fourth-order valence-electron chi connectivity index (χ4n) is 17.0. The van der Waals surface area contributed by atoms with Crippen molar-refractivity contribution < 1.29 is 28.9 Å². The van der Waals surface area contributed by atoms with Gasteiger partial charge in [-0.25, -0.2) is 9.59 Å². The number of rotatable bonds is 2. The number of hydrogen-bond acceptors (Lipinski definition) is 8. The minimum Gasteiger partial charge on any atom is -0.431 e. The molecule has 0 amide bonds. The fourth-order valence-corrected chi connectivity index (χ4v) is 17.0. The van der Waals surface area contributed by atoms with Gasteiger partial charge in [-0.3, -0.25) is 0 Å². The minimum atomic E-state index is -0.638. The Morgan fingerprint density at radius 3 is 1.66 bits per heavy atom. The zero-order valence-corrected chi connectivity index (χ0v) is 34.2. The summed E-state index contributed by atoms with van der Waals surface area (Å²) in [5.74, 6) is 4.24. The Labute approximate surface area is 332 Å². The van der Waals surface area contributed by atoms with Crippen LogP contribution in [0.2, 0.25) is 0 Å². The molecular weight excluding hydrogens is 705 g/mol. The summed E-state index contributed by atoms with van der Waals surface area (Å²) in [7, 11) is 0. The van der Waals surface area contributed by atoms with E-state index in [4.69, 9.17) is 13.6 Å². The number of aliphatic hydroxyl groups is 3. The molecule has 2 aromatic rings. The molecule has 8 nitrogen and oxygen atoms in total. The monoisotopic (exact) mass is 770 g/mol. The van der Waals surface area contributed by atoms with Crippen LogP contribution in [0.25, 0.3) is 0 Å². The number of ether oxygens (including phenoxy) is 1. The van der Waals surface area contributed by atoms with Gasteiger partial charge in [0.15, 0.2) is 0 Å². The number of epoxide rings is 1. The number of hydrogen-bond donors (Lipinski definition) is 3. The molecule has 8 aliphatic carbocycles. The molecule has 1 saturated heterocycles. The summed E-state index contributed by atoms with van der Waals surface area (Å²) in [6.45, 7) is 9.70. The zero-order chi connectivity index (χ0) is 39.0. The summed E-state index contributed by atoms with van der Waals surface area (Å²) in [4.78, 5) is 22.9. The van der Waals surface area contributed by atoms with Crippen LogP contribution in [-0.2, 0) is 4.74 Å². The molecule has 1 spiro atoms. The predicted molar refractivity (Wildman–Crippen MR) is 212 cm³/mol. The van der Waals surface area contributed by atoms with Crippen LogP contribution in [0, 0.1) is 57.2 Å². The Kier molecular flexibility index (Phi) is 8.73. The maximum absolute atomic E-state index is 12.2. The van der Waals surface area contributed by atoms with Gasteiger partial charge in [-0.2, -0.15) is 0 Å². The summed E-state index contributed by atoms with van der Waals surface area (Å²) in [5.41, 5.74) is 1.66. The molecule has 9 fully saturated rings. The Hall–Kier alpha value is -2.26. The number of aliphatic hydroxyl groups excluding tert-OH is 2. The van der Waals surface area contributed by atoms with Gasteiger partial charge in [-0.05, 0) is 191 Å². The minimum absolute atomic E-state index is 0.0285. The van der Waals surface area contributed by atoms with Crippen LogP contribution in [0.1, 0.15) is 160 Å². The third kappa shape index (κ3) is 5.16. The highest BCUT2D eigenvalue weighted by molar-refractivity contribution is 5.35. The lowest BCUT2D eigenvalue weighted by atomic mass is 9.43. The average molecular weight is 771 g/mol. The summed E-state index contributed by atoms with van der Waals surface area (Å²) in [6.07, 6.45) is 21.8. The van der Waals surface area contributed by atoms with E-state index in [0.717, 1.165) is 82.1 Å². The van der Waals surface area contributed by atoms with Crippen LogP contribution in [0.15, 0.2) is 55.2 Å². The van der Waals surface area contributed by atoms with Crippen molar-refractivity contribution in [2.24, 2.45) is 57.2 Å². The smallest absolute Gasteiger partial charge is 0.335 e. The molecule has 8 saturated carbocycles. The fraction of sp³-hybridized carbons (Fsp3) is 0.792. The van der Waals surface area contributed by atoms with Crippen LogP contribution >= 0.6 is 0 Å². The third-order valence-corrected chi connectivity index (χ3v) is 20.1. The molecule has 0 aromatic carbocycles. The Morgan fingerprint density at radius 2 is 1.09 bits per heavy atom. The van der Waals surface area contributed by atoms with E-state index in [9.17, 15) is 24.9 Å². The maximum atomic E-state index is 12.2. The summed E-state index contributed by atoms with van der Waals surface area (Å²) < 4.78 is 17.0. The second-order valence-corrected chi connectivity index (χ2v) is 21.7. The molecule has 11 rings (SSSR count). The average Bonchev–Trinajstić information content (AvgIpc) is 3.74. The molecule has 3 heterocycles.